The second kappa shape index (κ2) is 6.80. The average Bonchev–Trinajstić information content (AvgIpc) is 3.17. The van der Waals surface area contributed by atoms with Crippen LogP contribution in [0.2, 0.25) is 0 Å². The van der Waals surface area contributed by atoms with Gasteiger partial charge < -0.3 is 4.42 Å². The lowest BCUT2D eigenvalue weighted by Crippen LogP contribution is -2.25. The molecule has 1 unspecified atom stereocenters. The van der Waals surface area contributed by atoms with E-state index in [4.69, 9.17) is 9.40 Å². The highest BCUT2D eigenvalue weighted by Crippen LogP contribution is 2.29. The van der Waals surface area contributed by atoms with Crippen molar-refractivity contribution in [3.05, 3.63) is 52.8 Å². The molecule has 0 bridgehead atoms. The number of likely N-dealkylation sites (tertiary alicyclic amines) is 1. The minimum atomic E-state index is 0.294. The van der Waals surface area contributed by atoms with E-state index in [2.05, 4.69) is 53.8 Å². The molecule has 5 nitrogen and oxygen atoms in total. The molecule has 5 heteroatoms. The van der Waals surface area contributed by atoms with Gasteiger partial charge in [-0.2, -0.15) is 4.98 Å². The van der Waals surface area contributed by atoms with Gasteiger partial charge in [0.05, 0.1) is 5.69 Å². The Morgan fingerprint density at radius 2 is 1.88 bits per heavy atom. The van der Waals surface area contributed by atoms with Crippen LogP contribution in [-0.2, 0) is 6.42 Å². The van der Waals surface area contributed by atoms with Crippen LogP contribution >= 0.6 is 0 Å². The minimum absolute atomic E-state index is 0.294. The lowest BCUT2D eigenvalue weighted by atomic mass is 9.98. The average molecular weight is 350 g/mol. The molecule has 2 atom stereocenters. The number of oxazole rings is 1. The second-order valence-corrected chi connectivity index (χ2v) is 7.58. The molecule has 136 valence electrons. The molecule has 4 heterocycles. The van der Waals surface area contributed by atoms with Gasteiger partial charge in [0.25, 0.3) is 0 Å². The normalized spacial score (nSPS) is 19.3. The van der Waals surface area contributed by atoms with Crippen LogP contribution in [-0.4, -0.2) is 32.9 Å². The van der Waals surface area contributed by atoms with Crippen LogP contribution < -0.4 is 0 Å². The Morgan fingerprint density at radius 1 is 1.12 bits per heavy atom. The highest BCUT2D eigenvalue weighted by molar-refractivity contribution is 5.67. The third-order valence-electron chi connectivity index (χ3n) is 5.34. The maximum Gasteiger partial charge on any atom is 0.199 e. The number of nitrogens with zero attached hydrogens (tertiary/aromatic N) is 4. The summed E-state index contributed by atoms with van der Waals surface area (Å²) in [7, 11) is 0. The Kier molecular flexibility index (Phi) is 4.49. The standard InChI is InChI=1S/C21H26N4O/c1-13-9-18(10-14(2)22-13)11-17-7-8-25(12-17)15(3)19-5-6-20-21(24-19)23-16(4)26-20/h5-6,9-10,15,17H,7-8,11-12H2,1-4H3/t15?,17-/m0/s1. The van der Waals surface area contributed by atoms with E-state index in [0.29, 0.717) is 23.5 Å². The van der Waals surface area contributed by atoms with Crippen LogP contribution in [0.15, 0.2) is 28.7 Å². The van der Waals surface area contributed by atoms with E-state index in [1.807, 2.05) is 13.0 Å². The van der Waals surface area contributed by atoms with Gasteiger partial charge in [0.15, 0.2) is 17.1 Å². The molecule has 0 aromatic carbocycles. The molecule has 0 N–H and O–H groups in total. The van der Waals surface area contributed by atoms with Crippen molar-refractivity contribution >= 4 is 11.2 Å². The summed E-state index contributed by atoms with van der Waals surface area (Å²) in [6.07, 6.45) is 2.36. The first-order chi connectivity index (χ1) is 12.5. The molecule has 0 radical (unpaired) electrons. The van der Waals surface area contributed by atoms with Gasteiger partial charge in [-0.05, 0) is 75.9 Å². The molecular formula is C21H26N4O. The number of rotatable bonds is 4. The first kappa shape index (κ1) is 17.2. The third kappa shape index (κ3) is 3.49. The topological polar surface area (TPSA) is 55.1 Å². The van der Waals surface area contributed by atoms with Crippen molar-refractivity contribution in [2.75, 3.05) is 13.1 Å². The van der Waals surface area contributed by atoms with Crippen molar-refractivity contribution < 1.29 is 4.42 Å². The highest BCUT2D eigenvalue weighted by Gasteiger charge is 2.28. The van der Waals surface area contributed by atoms with Gasteiger partial charge in [-0.1, -0.05) is 0 Å². The van der Waals surface area contributed by atoms with Crippen LogP contribution in [0.3, 0.4) is 0 Å². The Morgan fingerprint density at radius 3 is 2.65 bits per heavy atom. The van der Waals surface area contributed by atoms with Gasteiger partial charge in [0.1, 0.15) is 0 Å². The highest BCUT2D eigenvalue weighted by atomic mass is 16.3. The molecule has 26 heavy (non-hydrogen) atoms. The molecule has 1 saturated heterocycles. The number of hydrogen-bond donors (Lipinski definition) is 0. The van der Waals surface area contributed by atoms with Crippen LogP contribution in [0.4, 0.5) is 0 Å². The Hall–Kier alpha value is -2.27. The van der Waals surface area contributed by atoms with Crippen molar-refractivity contribution in [1.82, 2.24) is 19.9 Å². The van der Waals surface area contributed by atoms with Crippen molar-refractivity contribution in [3.63, 3.8) is 0 Å². The first-order valence-electron chi connectivity index (χ1n) is 9.40. The Bertz CT molecular complexity index is 913. The third-order valence-corrected chi connectivity index (χ3v) is 5.34. The summed E-state index contributed by atoms with van der Waals surface area (Å²) in [6, 6.07) is 8.80. The summed E-state index contributed by atoms with van der Waals surface area (Å²) in [5, 5.41) is 0. The van der Waals surface area contributed by atoms with E-state index in [9.17, 15) is 0 Å². The van der Waals surface area contributed by atoms with Gasteiger partial charge in [0, 0.05) is 30.9 Å². The lowest BCUT2D eigenvalue weighted by molar-refractivity contribution is 0.248. The molecule has 3 aromatic rings. The molecule has 1 aliphatic rings. The van der Waals surface area contributed by atoms with E-state index in [-0.39, 0.29) is 0 Å². The van der Waals surface area contributed by atoms with E-state index in [1.165, 1.54) is 12.0 Å². The zero-order valence-corrected chi connectivity index (χ0v) is 16.0. The smallest absolute Gasteiger partial charge is 0.199 e. The first-order valence-corrected chi connectivity index (χ1v) is 9.40. The zero-order chi connectivity index (χ0) is 18.3. The van der Waals surface area contributed by atoms with Crippen molar-refractivity contribution in [2.24, 2.45) is 5.92 Å². The Labute approximate surface area is 154 Å². The summed E-state index contributed by atoms with van der Waals surface area (Å²) in [5.41, 5.74) is 6.19. The summed E-state index contributed by atoms with van der Waals surface area (Å²) in [5.74, 6) is 1.36. The predicted molar refractivity (Wildman–Crippen MR) is 102 cm³/mol. The number of hydrogen-bond acceptors (Lipinski definition) is 5. The number of pyridine rings is 2. The monoisotopic (exact) mass is 350 g/mol. The molecule has 4 rings (SSSR count). The number of aryl methyl sites for hydroxylation is 3. The molecule has 1 fully saturated rings. The van der Waals surface area contributed by atoms with Crippen LogP contribution in [0, 0.1) is 26.7 Å². The van der Waals surface area contributed by atoms with Crippen LogP contribution in [0.25, 0.3) is 11.2 Å². The van der Waals surface area contributed by atoms with Crippen molar-refractivity contribution in [2.45, 2.75) is 46.6 Å². The van der Waals surface area contributed by atoms with Crippen LogP contribution in [0.1, 0.15) is 47.9 Å². The molecule has 0 saturated carbocycles. The molecule has 0 aliphatic carbocycles. The van der Waals surface area contributed by atoms with E-state index in [1.54, 1.807) is 0 Å². The summed E-state index contributed by atoms with van der Waals surface area (Å²) in [6.45, 7) is 10.5. The SMILES string of the molecule is Cc1cc(C[C@@H]2CCN(C(C)c3ccc4oc(C)nc4n3)C2)cc(C)n1. The van der Waals surface area contributed by atoms with E-state index in [0.717, 1.165) is 42.2 Å². The Balaban J connectivity index is 1.45. The van der Waals surface area contributed by atoms with Crippen molar-refractivity contribution in [1.29, 1.82) is 0 Å². The summed E-state index contributed by atoms with van der Waals surface area (Å²) < 4.78 is 5.54. The van der Waals surface area contributed by atoms with E-state index >= 15 is 0 Å². The van der Waals surface area contributed by atoms with Crippen LogP contribution in [0.5, 0.6) is 0 Å². The zero-order valence-electron chi connectivity index (χ0n) is 16.0. The quantitative estimate of drug-likeness (QED) is 0.707. The molecular weight excluding hydrogens is 324 g/mol. The fraction of sp³-hybridized carbons (Fsp3) is 0.476. The second-order valence-electron chi connectivity index (χ2n) is 7.58. The van der Waals surface area contributed by atoms with Gasteiger partial charge in [0.2, 0.25) is 0 Å². The van der Waals surface area contributed by atoms with Gasteiger partial charge in [-0.3, -0.25) is 9.88 Å². The molecule has 0 spiro atoms. The van der Waals surface area contributed by atoms with Gasteiger partial charge in [-0.25, -0.2) is 4.98 Å². The number of fused-ring (bicyclic) bond motifs is 1. The van der Waals surface area contributed by atoms with Gasteiger partial charge >= 0.3 is 0 Å². The largest absolute Gasteiger partial charge is 0.439 e. The lowest BCUT2D eigenvalue weighted by Gasteiger charge is -2.24. The fourth-order valence-electron chi connectivity index (χ4n) is 4.11. The maximum atomic E-state index is 5.54. The molecule has 3 aromatic heterocycles. The molecule has 0 amide bonds. The maximum absolute atomic E-state index is 5.54. The minimum Gasteiger partial charge on any atom is -0.439 e. The fourth-order valence-corrected chi connectivity index (χ4v) is 4.11. The number of aromatic nitrogens is 3. The van der Waals surface area contributed by atoms with Crippen molar-refractivity contribution in [3.8, 4) is 0 Å². The predicted octanol–water partition coefficient (Wildman–Crippen LogP) is 4.17. The molecule has 1 aliphatic heterocycles. The summed E-state index contributed by atoms with van der Waals surface area (Å²) >= 11 is 0. The summed E-state index contributed by atoms with van der Waals surface area (Å²) in [4.78, 5) is 16.1. The van der Waals surface area contributed by atoms with E-state index < -0.39 is 0 Å². The van der Waals surface area contributed by atoms with Gasteiger partial charge in [-0.15, -0.1) is 0 Å².